The van der Waals surface area contributed by atoms with Crippen molar-refractivity contribution < 1.29 is 14.3 Å². The molecule has 5 nitrogen and oxygen atoms in total. The van der Waals surface area contributed by atoms with Gasteiger partial charge in [-0.1, -0.05) is 42.5 Å². The van der Waals surface area contributed by atoms with Crippen molar-refractivity contribution >= 4 is 17.8 Å². The summed E-state index contributed by atoms with van der Waals surface area (Å²) in [5.74, 6) is -0.781. The van der Waals surface area contributed by atoms with Crippen LogP contribution >= 0.6 is 0 Å². The minimum atomic E-state index is -0.852. The third kappa shape index (κ3) is 5.51. The standard InChI is InChI=1S/C24H24N2O3/c1-17-9-11-22(13-18(17)2)24(28)19(3)29-23(27)12-10-21-14-25-26(16-21)15-20-7-5-4-6-8-20/h4-14,16,19H,15H2,1-3H3/b12-10+/t19-/m0/s1. The first-order valence-corrected chi connectivity index (χ1v) is 9.49. The molecule has 0 aliphatic carbocycles. The number of rotatable bonds is 7. The molecule has 1 atom stereocenters. The molecule has 0 N–H and O–H groups in total. The maximum atomic E-state index is 12.5. The zero-order chi connectivity index (χ0) is 20.8. The van der Waals surface area contributed by atoms with Crippen molar-refractivity contribution in [1.29, 1.82) is 0 Å². The molecule has 0 amide bonds. The molecule has 5 heteroatoms. The molecular weight excluding hydrogens is 364 g/mol. The maximum absolute atomic E-state index is 12.5. The van der Waals surface area contributed by atoms with Gasteiger partial charge < -0.3 is 4.74 Å². The highest BCUT2D eigenvalue weighted by Gasteiger charge is 2.18. The number of ketones is 1. The summed E-state index contributed by atoms with van der Waals surface area (Å²) in [6.45, 7) is 6.17. The van der Waals surface area contributed by atoms with E-state index in [1.807, 2.05) is 62.5 Å². The maximum Gasteiger partial charge on any atom is 0.331 e. The van der Waals surface area contributed by atoms with Crippen LogP contribution in [0.4, 0.5) is 0 Å². The lowest BCUT2D eigenvalue weighted by Gasteiger charge is -2.12. The molecule has 0 aliphatic heterocycles. The van der Waals surface area contributed by atoms with Crippen LogP contribution in [0.25, 0.3) is 6.08 Å². The van der Waals surface area contributed by atoms with Crippen molar-refractivity contribution in [2.75, 3.05) is 0 Å². The van der Waals surface area contributed by atoms with Crippen molar-refractivity contribution in [3.8, 4) is 0 Å². The lowest BCUT2D eigenvalue weighted by atomic mass is 10.0. The first-order chi connectivity index (χ1) is 13.9. The number of ether oxygens (including phenoxy) is 1. The molecule has 3 rings (SSSR count). The molecule has 1 aromatic heterocycles. The normalized spacial score (nSPS) is 12.1. The van der Waals surface area contributed by atoms with Crippen LogP contribution in [0.1, 0.15) is 39.5 Å². The van der Waals surface area contributed by atoms with Crippen LogP contribution in [0.3, 0.4) is 0 Å². The van der Waals surface area contributed by atoms with Crippen LogP contribution in [-0.4, -0.2) is 27.6 Å². The first kappa shape index (κ1) is 20.3. The van der Waals surface area contributed by atoms with Gasteiger partial charge in [0.05, 0.1) is 12.7 Å². The third-order valence-electron chi connectivity index (χ3n) is 4.71. The number of benzene rings is 2. The highest BCUT2D eigenvalue weighted by atomic mass is 16.5. The van der Waals surface area contributed by atoms with Crippen LogP contribution in [0.15, 0.2) is 67.0 Å². The second-order valence-corrected chi connectivity index (χ2v) is 7.03. The van der Waals surface area contributed by atoms with E-state index in [4.69, 9.17) is 4.74 Å². The number of Topliss-reactive ketones (excluding diaryl/α,β-unsaturated/α-hetero) is 1. The molecule has 0 unspecified atom stereocenters. The predicted octanol–water partition coefficient (Wildman–Crippen LogP) is 4.38. The van der Waals surface area contributed by atoms with Crippen molar-refractivity contribution in [3.05, 3.63) is 94.8 Å². The molecule has 0 saturated carbocycles. The Kier molecular flexibility index (Phi) is 6.39. The molecule has 148 valence electrons. The monoisotopic (exact) mass is 388 g/mol. The van der Waals surface area contributed by atoms with Crippen molar-refractivity contribution in [2.24, 2.45) is 0 Å². The number of carbonyl (C=O) groups excluding carboxylic acids is 2. The fourth-order valence-electron chi connectivity index (χ4n) is 2.88. The van der Waals surface area contributed by atoms with Gasteiger partial charge in [0.1, 0.15) is 0 Å². The van der Waals surface area contributed by atoms with E-state index in [9.17, 15) is 9.59 Å². The van der Waals surface area contributed by atoms with E-state index in [2.05, 4.69) is 5.10 Å². The highest BCUT2D eigenvalue weighted by molar-refractivity contribution is 6.01. The van der Waals surface area contributed by atoms with Gasteiger partial charge in [0.25, 0.3) is 0 Å². The van der Waals surface area contributed by atoms with Crippen molar-refractivity contribution in [1.82, 2.24) is 9.78 Å². The first-order valence-electron chi connectivity index (χ1n) is 9.49. The van der Waals surface area contributed by atoms with Crippen LogP contribution < -0.4 is 0 Å². The van der Waals surface area contributed by atoms with Gasteiger partial charge >= 0.3 is 5.97 Å². The average Bonchev–Trinajstić information content (AvgIpc) is 3.16. The number of esters is 1. The summed E-state index contributed by atoms with van der Waals surface area (Å²) in [5.41, 5.74) is 4.61. The summed E-state index contributed by atoms with van der Waals surface area (Å²) in [4.78, 5) is 24.6. The molecule has 0 saturated heterocycles. The largest absolute Gasteiger partial charge is 0.451 e. The van der Waals surface area contributed by atoms with Gasteiger partial charge in [-0.2, -0.15) is 5.10 Å². The van der Waals surface area contributed by atoms with Gasteiger partial charge in [-0.15, -0.1) is 0 Å². The van der Waals surface area contributed by atoms with Gasteiger partial charge in [0.15, 0.2) is 6.10 Å². The Balaban J connectivity index is 1.56. The second-order valence-electron chi connectivity index (χ2n) is 7.03. The molecule has 2 aromatic carbocycles. The van der Waals surface area contributed by atoms with E-state index in [0.29, 0.717) is 12.1 Å². The van der Waals surface area contributed by atoms with Crippen LogP contribution in [0.2, 0.25) is 0 Å². The van der Waals surface area contributed by atoms with Gasteiger partial charge in [-0.05, 0) is 49.6 Å². The zero-order valence-electron chi connectivity index (χ0n) is 16.8. The molecule has 29 heavy (non-hydrogen) atoms. The van der Waals surface area contributed by atoms with Gasteiger partial charge in [0.2, 0.25) is 5.78 Å². The summed E-state index contributed by atoms with van der Waals surface area (Å²) < 4.78 is 7.06. The quantitative estimate of drug-likeness (QED) is 0.342. The van der Waals surface area contributed by atoms with Crippen LogP contribution in [0, 0.1) is 13.8 Å². The fourth-order valence-corrected chi connectivity index (χ4v) is 2.88. The number of aromatic nitrogens is 2. The minimum Gasteiger partial charge on any atom is -0.451 e. The van der Waals surface area contributed by atoms with Gasteiger partial charge in [0, 0.05) is 23.4 Å². The molecule has 0 bridgehead atoms. The van der Waals surface area contributed by atoms with Crippen LogP contribution in [-0.2, 0) is 16.1 Å². The number of hydrogen-bond donors (Lipinski definition) is 0. The Hall–Kier alpha value is -3.47. The van der Waals surface area contributed by atoms with Gasteiger partial charge in [-0.3, -0.25) is 9.48 Å². The summed E-state index contributed by atoms with van der Waals surface area (Å²) in [6.07, 6.45) is 5.62. The van der Waals surface area contributed by atoms with Crippen molar-refractivity contribution in [3.63, 3.8) is 0 Å². The van der Waals surface area contributed by atoms with E-state index in [1.54, 1.807) is 29.9 Å². The van der Waals surface area contributed by atoms with E-state index in [-0.39, 0.29) is 5.78 Å². The summed E-state index contributed by atoms with van der Waals surface area (Å²) in [7, 11) is 0. The molecule has 0 aliphatic rings. The predicted molar refractivity (Wildman–Crippen MR) is 113 cm³/mol. The summed E-state index contributed by atoms with van der Waals surface area (Å²) in [6, 6.07) is 15.5. The van der Waals surface area contributed by atoms with E-state index < -0.39 is 12.1 Å². The van der Waals surface area contributed by atoms with Gasteiger partial charge in [-0.25, -0.2) is 4.79 Å². The Bertz CT molecular complexity index is 1040. The number of nitrogens with zero attached hydrogens (tertiary/aromatic N) is 2. The lowest BCUT2D eigenvalue weighted by Crippen LogP contribution is -2.23. The number of aryl methyl sites for hydroxylation is 2. The number of carbonyl (C=O) groups is 2. The van der Waals surface area contributed by atoms with E-state index >= 15 is 0 Å². The zero-order valence-corrected chi connectivity index (χ0v) is 16.8. The summed E-state index contributed by atoms with van der Waals surface area (Å²) in [5, 5.41) is 4.29. The smallest absolute Gasteiger partial charge is 0.331 e. The lowest BCUT2D eigenvalue weighted by molar-refractivity contribution is -0.140. The molecule has 0 fully saturated rings. The third-order valence-corrected chi connectivity index (χ3v) is 4.71. The Morgan fingerprint density at radius 3 is 2.59 bits per heavy atom. The van der Waals surface area contributed by atoms with Crippen molar-refractivity contribution in [2.45, 2.75) is 33.4 Å². The Morgan fingerprint density at radius 2 is 1.86 bits per heavy atom. The second kappa shape index (κ2) is 9.15. The number of hydrogen-bond acceptors (Lipinski definition) is 4. The minimum absolute atomic E-state index is 0.217. The summed E-state index contributed by atoms with van der Waals surface area (Å²) >= 11 is 0. The van der Waals surface area contributed by atoms with Crippen LogP contribution in [0.5, 0.6) is 0 Å². The fraction of sp³-hybridized carbons (Fsp3) is 0.208. The van der Waals surface area contributed by atoms with E-state index in [0.717, 1.165) is 22.3 Å². The molecule has 3 aromatic rings. The Morgan fingerprint density at radius 1 is 1.10 bits per heavy atom. The molecule has 0 radical (unpaired) electrons. The molecule has 1 heterocycles. The highest BCUT2D eigenvalue weighted by Crippen LogP contribution is 2.13. The Labute approximate surface area is 170 Å². The average molecular weight is 388 g/mol. The molecular formula is C24H24N2O3. The van der Waals surface area contributed by atoms with E-state index in [1.165, 1.54) is 6.08 Å². The topological polar surface area (TPSA) is 61.2 Å². The molecule has 0 spiro atoms. The SMILES string of the molecule is Cc1ccc(C(=O)[C@H](C)OC(=O)/C=C/c2cnn(Cc3ccccc3)c2)cc1C.